The average Bonchev–Trinajstić information content (AvgIpc) is 3.10. The van der Waals surface area contributed by atoms with E-state index in [1.165, 1.54) is 6.26 Å². The Bertz CT molecular complexity index is 750. The number of aliphatic hydroxyl groups excluding tert-OH is 9. The highest BCUT2D eigenvalue weighted by Crippen LogP contribution is 2.50. The largest absolute Gasteiger partial charge is 0.472 e. The molecule has 3 aliphatic heterocycles. The van der Waals surface area contributed by atoms with E-state index in [-0.39, 0.29) is 6.42 Å². The molecule has 1 saturated carbocycles. The van der Waals surface area contributed by atoms with E-state index in [2.05, 4.69) is 0 Å². The van der Waals surface area contributed by atoms with Crippen LogP contribution >= 0.6 is 0 Å². The van der Waals surface area contributed by atoms with Crippen molar-refractivity contribution in [3.8, 4) is 0 Å². The van der Waals surface area contributed by atoms with E-state index in [1.807, 2.05) is 0 Å². The lowest BCUT2D eigenvalue weighted by atomic mass is 9.84. The molecule has 0 aromatic carbocycles. The number of aliphatic hydroxyl groups is 9. The van der Waals surface area contributed by atoms with Crippen LogP contribution in [-0.4, -0.2) is 139 Å². The Balaban J connectivity index is 1.55. The third-order valence-electron chi connectivity index (χ3n) is 7.34. The molecule has 3 fully saturated rings. The SMILES string of the molecule is C[C@@]1(O[C@@H]2O[C@@H](CO)[C@@H](O)[C@@H](O)[C@@H]2O)C[C@H](O)[C@H]2C=CO[C@H](O[C@H]3O[C@@H](CO)[C@H](O)[C@@H](O)[C@@H]3O)[C@H]21. The summed E-state index contributed by atoms with van der Waals surface area (Å²) in [5.74, 6) is -1.37. The quantitative estimate of drug-likeness (QED) is 0.163. The van der Waals surface area contributed by atoms with Crippen LogP contribution in [0.3, 0.4) is 0 Å². The fourth-order valence-electron chi connectivity index (χ4n) is 5.33. The van der Waals surface area contributed by atoms with Gasteiger partial charge in [-0.15, -0.1) is 0 Å². The lowest BCUT2D eigenvalue weighted by molar-refractivity contribution is -0.361. The molecule has 0 radical (unpaired) electrons. The van der Waals surface area contributed by atoms with Gasteiger partial charge >= 0.3 is 0 Å². The molecule has 202 valence electrons. The summed E-state index contributed by atoms with van der Waals surface area (Å²) in [5, 5.41) is 90.6. The molecule has 0 amide bonds. The van der Waals surface area contributed by atoms with Gasteiger partial charge in [-0.25, -0.2) is 0 Å². The smallest absolute Gasteiger partial charge is 0.207 e. The van der Waals surface area contributed by atoms with Gasteiger partial charge in [0.25, 0.3) is 0 Å². The second kappa shape index (κ2) is 10.4. The van der Waals surface area contributed by atoms with Crippen molar-refractivity contribution in [1.29, 1.82) is 0 Å². The Labute approximate surface area is 200 Å². The highest BCUT2D eigenvalue weighted by molar-refractivity contribution is 5.11. The molecule has 0 bridgehead atoms. The van der Waals surface area contributed by atoms with E-state index in [9.17, 15) is 46.0 Å². The first kappa shape index (κ1) is 27.1. The lowest BCUT2D eigenvalue weighted by Crippen LogP contribution is -2.62. The van der Waals surface area contributed by atoms with E-state index in [0.29, 0.717) is 0 Å². The zero-order chi connectivity index (χ0) is 25.7. The fourth-order valence-corrected chi connectivity index (χ4v) is 5.33. The Kier molecular flexibility index (Phi) is 8.05. The third kappa shape index (κ3) is 4.84. The second-order valence-electron chi connectivity index (χ2n) is 9.67. The molecule has 35 heavy (non-hydrogen) atoms. The molecule has 14 heteroatoms. The standard InChI is InChI=1S/C21H34O14/c1-21(35-20-17(30)15(28)13(26)10(6-23)33-20)4-8(24)7-2-3-31-18(11(7)21)34-19-16(29)14(27)12(25)9(5-22)32-19/h2-3,7-20,22-30H,4-6H2,1H3/t7-,8+,9+,10+,11+,12+,13-,14-,15-,16+,17+,18-,19-,20+,21-/m1/s1. The van der Waals surface area contributed by atoms with E-state index in [4.69, 9.17) is 23.7 Å². The van der Waals surface area contributed by atoms with Crippen molar-refractivity contribution in [2.45, 2.75) is 92.8 Å². The molecule has 0 spiro atoms. The summed E-state index contributed by atoms with van der Waals surface area (Å²) < 4.78 is 28.3. The van der Waals surface area contributed by atoms with Crippen molar-refractivity contribution < 1.29 is 69.6 Å². The lowest BCUT2D eigenvalue weighted by Gasteiger charge is -2.47. The molecular weight excluding hydrogens is 476 g/mol. The van der Waals surface area contributed by atoms with Gasteiger partial charge in [0.2, 0.25) is 6.29 Å². The fraction of sp³-hybridized carbons (Fsp3) is 0.905. The van der Waals surface area contributed by atoms with Gasteiger partial charge in [-0.05, 0) is 13.0 Å². The molecule has 4 aliphatic rings. The topological polar surface area (TPSA) is 228 Å². The number of hydrogen-bond acceptors (Lipinski definition) is 14. The summed E-state index contributed by atoms with van der Waals surface area (Å²) >= 11 is 0. The maximum Gasteiger partial charge on any atom is 0.207 e. The predicted octanol–water partition coefficient (Wildman–Crippen LogP) is -4.75. The Morgan fingerprint density at radius 3 is 1.89 bits per heavy atom. The predicted molar refractivity (Wildman–Crippen MR) is 110 cm³/mol. The first-order valence-corrected chi connectivity index (χ1v) is 11.5. The maximum absolute atomic E-state index is 10.7. The third-order valence-corrected chi connectivity index (χ3v) is 7.34. The summed E-state index contributed by atoms with van der Waals surface area (Å²) in [7, 11) is 0. The monoisotopic (exact) mass is 510 g/mol. The summed E-state index contributed by atoms with van der Waals surface area (Å²) in [6, 6.07) is 0. The van der Waals surface area contributed by atoms with Crippen LogP contribution in [0.1, 0.15) is 13.3 Å². The van der Waals surface area contributed by atoms with E-state index in [1.54, 1.807) is 13.0 Å². The molecule has 9 N–H and O–H groups in total. The van der Waals surface area contributed by atoms with Crippen molar-refractivity contribution in [2.24, 2.45) is 11.8 Å². The molecular formula is C21H34O14. The van der Waals surface area contributed by atoms with Crippen molar-refractivity contribution in [1.82, 2.24) is 0 Å². The van der Waals surface area contributed by atoms with Gasteiger partial charge in [0.15, 0.2) is 12.6 Å². The summed E-state index contributed by atoms with van der Waals surface area (Å²) in [5.41, 5.74) is -1.32. The van der Waals surface area contributed by atoms with Crippen LogP contribution in [0.5, 0.6) is 0 Å². The highest BCUT2D eigenvalue weighted by atomic mass is 16.8. The zero-order valence-electron chi connectivity index (χ0n) is 18.9. The van der Waals surface area contributed by atoms with E-state index >= 15 is 0 Å². The Morgan fingerprint density at radius 2 is 1.31 bits per heavy atom. The second-order valence-corrected chi connectivity index (χ2v) is 9.67. The molecule has 0 aromatic heterocycles. The first-order valence-electron chi connectivity index (χ1n) is 11.5. The van der Waals surface area contributed by atoms with Crippen LogP contribution in [0.2, 0.25) is 0 Å². The molecule has 2 saturated heterocycles. The van der Waals surface area contributed by atoms with Crippen LogP contribution in [0.4, 0.5) is 0 Å². The normalized spacial score (nSPS) is 54.3. The Hall–Kier alpha value is -0.980. The number of rotatable bonds is 6. The van der Waals surface area contributed by atoms with Gasteiger partial charge in [-0.3, -0.25) is 0 Å². The Morgan fingerprint density at radius 1 is 0.771 bits per heavy atom. The van der Waals surface area contributed by atoms with E-state index in [0.717, 1.165) is 0 Å². The molecule has 0 aromatic rings. The van der Waals surface area contributed by atoms with Crippen LogP contribution in [0.25, 0.3) is 0 Å². The van der Waals surface area contributed by atoms with Crippen LogP contribution in [0.15, 0.2) is 12.3 Å². The minimum atomic E-state index is -1.69. The van der Waals surface area contributed by atoms with E-state index < -0.39 is 104 Å². The van der Waals surface area contributed by atoms with Crippen molar-refractivity contribution in [3.63, 3.8) is 0 Å². The van der Waals surface area contributed by atoms with Gasteiger partial charge in [0, 0.05) is 12.3 Å². The van der Waals surface area contributed by atoms with Gasteiger partial charge in [0.1, 0.15) is 48.8 Å². The van der Waals surface area contributed by atoms with Gasteiger partial charge < -0.3 is 69.6 Å². The number of fused-ring (bicyclic) bond motifs is 1. The summed E-state index contributed by atoms with van der Waals surface area (Å²) in [6.45, 7) is 0.290. The molecule has 15 atom stereocenters. The number of ether oxygens (including phenoxy) is 5. The van der Waals surface area contributed by atoms with Gasteiger partial charge in [-0.1, -0.05) is 0 Å². The molecule has 14 nitrogen and oxygen atoms in total. The molecule has 3 heterocycles. The minimum Gasteiger partial charge on any atom is -0.472 e. The first-order chi connectivity index (χ1) is 16.5. The average molecular weight is 510 g/mol. The van der Waals surface area contributed by atoms with Crippen LogP contribution < -0.4 is 0 Å². The summed E-state index contributed by atoms with van der Waals surface area (Å²) in [4.78, 5) is 0. The van der Waals surface area contributed by atoms with Crippen LogP contribution in [-0.2, 0) is 23.7 Å². The van der Waals surface area contributed by atoms with Crippen molar-refractivity contribution >= 4 is 0 Å². The zero-order valence-corrected chi connectivity index (χ0v) is 18.9. The van der Waals surface area contributed by atoms with Gasteiger partial charge in [0.05, 0.1) is 37.1 Å². The van der Waals surface area contributed by atoms with Gasteiger partial charge in [-0.2, -0.15) is 0 Å². The van der Waals surface area contributed by atoms with Crippen LogP contribution in [0, 0.1) is 11.8 Å². The molecule has 4 rings (SSSR count). The van der Waals surface area contributed by atoms with Crippen molar-refractivity contribution in [3.05, 3.63) is 12.3 Å². The molecule has 0 unspecified atom stereocenters. The minimum absolute atomic E-state index is 0.0135. The maximum atomic E-state index is 10.7. The highest BCUT2D eigenvalue weighted by Gasteiger charge is 2.60. The van der Waals surface area contributed by atoms with Crippen molar-refractivity contribution in [2.75, 3.05) is 13.2 Å². The summed E-state index contributed by atoms with van der Waals surface area (Å²) in [6.07, 6.45) is -14.6. The number of hydrogen-bond donors (Lipinski definition) is 9. The molecule has 1 aliphatic carbocycles.